The van der Waals surface area contributed by atoms with Gasteiger partial charge in [0.25, 0.3) is 5.91 Å². The molecule has 4 nitrogen and oxygen atoms in total. The lowest BCUT2D eigenvalue weighted by atomic mass is 9.87. The van der Waals surface area contributed by atoms with Gasteiger partial charge in [-0.1, -0.05) is 55.3 Å². The van der Waals surface area contributed by atoms with Gasteiger partial charge in [-0.25, -0.2) is 0 Å². The number of piperidine rings is 1. The molecule has 1 N–H and O–H groups in total. The Bertz CT molecular complexity index is 1160. The van der Waals surface area contributed by atoms with E-state index in [9.17, 15) is 4.79 Å². The van der Waals surface area contributed by atoms with Gasteiger partial charge < -0.3 is 15.0 Å². The van der Waals surface area contributed by atoms with Crippen LogP contribution < -0.4 is 10.1 Å². The second-order valence-corrected chi connectivity index (χ2v) is 10.1. The van der Waals surface area contributed by atoms with Gasteiger partial charge in [0, 0.05) is 17.3 Å². The van der Waals surface area contributed by atoms with Gasteiger partial charge in [-0.3, -0.25) is 4.79 Å². The molecule has 2 fully saturated rings. The van der Waals surface area contributed by atoms with Crippen LogP contribution in [0.25, 0.3) is 11.1 Å². The predicted octanol–water partition coefficient (Wildman–Crippen LogP) is 7.04. The normalized spacial score (nSPS) is 17.4. The van der Waals surface area contributed by atoms with Gasteiger partial charge in [-0.05, 0) is 98.1 Å². The van der Waals surface area contributed by atoms with Crippen molar-refractivity contribution in [2.75, 3.05) is 25.5 Å². The Hall–Kier alpha value is -3.11. The molecule has 0 radical (unpaired) electrons. The summed E-state index contributed by atoms with van der Waals surface area (Å²) in [6, 6.07) is 23.2. The zero-order valence-corrected chi connectivity index (χ0v) is 20.9. The summed E-state index contributed by atoms with van der Waals surface area (Å²) >= 11 is 0. The highest BCUT2D eigenvalue weighted by molar-refractivity contribution is 6.05. The van der Waals surface area contributed by atoms with Crippen LogP contribution in [-0.4, -0.2) is 37.0 Å². The number of carbonyl (C=O) groups excluding carboxylic acids is 1. The second kappa shape index (κ2) is 10.7. The summed E-state index contributed by atoms with van der Waals surface area (Å²) in [5.74, 6) is 1.31. The van der Waals surface area contributed by atoms with E-state index in [2.05, 4.69) is 34.5 Å². The average molecular weight is 469 g/mol. The van der Waals surface area contributed by atoms with Crippen LogP contribution in [0, 0.1) is 6.92 Å². The average Bonchev–Trinajstić information content (AvgIpc) is 3.44. The number of benzene rings is 3. The number of anilines is 1. The van der Waals surface area contributed by atoms with E-state index in [1.165, 1.54) is 31.2 Å². The second-order valence-electron chi connectivity index (χ2n) is 10.1. The number of amides is 1. The largest absolute Gasteiger partial charge is 0.496 e. The van der Waals surface area contributed by atoms with Gasteiger partial charge in [0.15, 0.2) is 0 Å². The molecule has 3 aromatic carbocycles. The lowest BCUT2D eigenvalue weighted by molar-refractivity contribution is 0.102. The maximum absolute atomic E-state index is 13.2. The Kier molecular flexibility index (Phi) is 7.19. The molecule has 4 heteroatoms. The van der Waals surface area contributed by atoms with Crippen molar-refractivity contribution < 1.29 is 9.53 Å². The van der Waals surface area contributed by atoms with E-state index in [-0.39, 0.29) is 5.91 Å². The van der Waals surface area contributed by atoms with Crippen molar-refractivity contribution in [1.82, 2.24) is 4.90 Å². The van der Waals surface area contributed by atoms with Crippen LogP contribution in [0.3, 0.4) is 0 Å². The first-order valence-electron chi connectivity index (χ1n) is 13.0. The van der Waals surface area contributed by atoms with Crippen LogP contribution in [0.5, 0.6) is 5.75 Å². The van der Waals surface area contributed by atoms with Crippen molar-refractivity contribution >= 4 is 11.6 Å². The van der Waals surface area contributed by atoms with Gasteiger partial charge in [0.05, 0.1) is 7.11 Å². The number of nitrogens with one attached hydrogen (secondary N) is 1. The fraction of sp³-hybridized carbons (Fsp3) is 0.387. The summed E-state index contributed by atoms with van der Waals surface area (Å²) < 4.78 is 5.72. The molecule has 1 amide bonds. The van der Waals surface area contributed by atoms with E-state index < -0.39 is 0 Å². The van der Waals surface area contributed by atoms with E-state index >= 15 is 0 Å². The van der Waals surface area contributed by atoms with Crippen molar-refractivity contribution in [2.24, 2.45) is 0 Å². The molecular formula is C31H36N2O2. The van der Waals surface area contributed by atoms with Crippen LogP contribution in [-0.2, 0) is 0 Å². The van der Waals surface area contributed by atoms with Gasteiger partial charge >= 0.3 is 0 Å². The molecular weight excluding hydrogens is 432 g/mol. The Labute approximate surface area is 209 Å². The first-order chi connectivity index (χ1) is 17.1. The summed E-state index contributed by atoms with van der Waals surface area (Å²) in [4.78, 5) is 15.9. The Balaban J connectivity index is 1.29. The Morgan fingerprint density at radius 2 is 1.63 bits per heavy atom. The van der Waals surface area contributed by atoms with E-state index in [0.717, 1.165) is 60.1 Å². The van der Waals surface area contributed by atoms with Gasteiger partial charge in [0.1, 0.15) is 5.75 Å². The molecule has 1 aliphatic carbocycles. The SMILES string of the molecule is COc1ccc(NC(=O)c2ccc(-c3ccccc3)cc2C)cc1C1CCN(C2CCCC2)CC1. The van der Waals surface area contributed by atoms with Crippen LogP contribution in [0.4, 0.5) is 5.69 Å². The molecule has 2 aliphatic rings. The maximum atomic E-state index is 13.2. The number of rotatable bonds is 6. The molecule has 1 saturated heterocycles. The minimum atomic E-state index is -0.0747. The maximum Gasteiger partial charge on any atom is 0.255 e. The van der Waals surface area contributed by atoms with Gasteiger partial charge in [-0.15, -0.1) is 0 Å². The first kappa shape index (κ1) is 23.6. The van der Waals surface area contributed by atoms with Crippen LogP contribution >= 0.6 is 0 Å². The van der Waals surface area contributed by atoms with Crippen molar-refractivity contribution in [3.05, 3.63) is 83.4 Å². The number of likely N-dealkylation sites (tertiary alicyclic amines) is 1. The van der Waals surface area contributed by atoms with E-state index in [0.29, 0.717) is 11.5 Å². The summed E-state index contributed by atoms with van der Waals surface area (Å²) in [6.07, 6.45) is 7.78. The molecule has 5 rings (SSSR count). The number of ether oxygens (including phenoxy) is 1. The summed E-state index contributed by atoms with van der Waals surface area (Å²) in [5, 5.41) is 3.14. The molecule has 35 heavy (non-hydrogen) atoms. The van der Waals surface area contributed by atoms with E-state index in [1.807, 2.05) is 49.4 Å². The molecule has 182 valence electrons. The molecule has 3 aromatic rings. The van der Waals surface area contributed by atoms with E-state index in [4.69, 9.17) is 4.74 Å². The monoisotopic (exact) mass is 468 g/mol. The lowest BCUT2D eigenvalue weighted by Crippen LogP contribution is -2.39. The van der Waals surface area contributed by atoms with Crippen molar-refractivity contribution in [3.63, 3.8) is 0 Å². The number of hydrogen-bond donors (Lipinski definition) is 1. The molecule has 1 saturated carbocycles. The number of hydrogen-bond acceptors (Lipinski definition) is 3. The molecule has 0 atom stereocenters. The summed E-state index contributed by atoms with van der Waals surface area (Å²) in [6.45, 7) is 4.31. The number of methoxy groups -OCH3 is 1. The molecule has 1 heterocycles. The van der Waals surface area contributed by atoms with Gasteiger partial charge in [-0.2, -0.15) is 0 Å². The standard InChI is InChI=1S/C31H36N2O2/c1-22-20-25(23-8-4-3-5-9-23)12-14-28(22)31(34)32-26-13-15-30(35-2)29(21-26)24-16-18-33(19-17-24)27-10-6-7-11-27/h3-5,8-9,12-15,20-21,24,27H,6-7,10-11,16-19H2,1-2H3,(H,32,34). The third-order valence-corrected chi connectivity index (χ3v) is 7.88. The number of nitrogens with zero attached hydrogens (tertiary/aromatic N) is 1. The van der Waals surface area contributed by atoms with Crippen LogP contribution in [0.1, 0.15) is 65.9 Å². The quantitative estimate of drug-likeness (QED) is 0.422. The van der Waals surface area contributed by atoms with Crippen LogP contribution in [0.2, 0.25) is 0 Å². The Morgan fingerprint density at radius 1 is 0.886 bits per heavy atom. The van der Waals surface area contributed by atoms with Crippen LogP contribution in [0.15, 0.2) is 66.7 Å². The zero-order chi connectivity index (χ0) is 24.2. The minimum absolute atomic E-state index is 0.0747. The van der Waals surface area contributed by atoms with Crippen molar-refractivity contribution in [3.8, 4) is 16.9 Å². The summed E-state index contributed by atoms with van der Waals surface area (Å²) in [7, 11) is 1.74. The lowest BCUT2D eigenvalue weighted by Gasteiger charge is -2.36. The fourth-order valence-electron chi connectivity index (χ4n) is 5.90. The highest BCUT2D eigenvalue weighted by Gasteiger charge is 2.29. The number of aryl methyl sites for hydroxylation is 1. The molecule has 0 spiro atoms. The van der Waals surface area contributed by atoms with E-state index in [1.54, 1.807) is 7.11 Å². The smallest absolute Gasteiger partial charge is 0.255 e. The Morgan fingerprint density at radius 3 is 2.31 bits per heavy atom. The first-order valence-corrected chi connectivity index (χ1v) is 13.0. The number of carbonyl (C=O) groups is 1. The molecule has 1 aliphatic heterocycles. The molecule has 0 aromatic heterocycles. The summed E-state index contributed by atoms with van der Waals surface area (Å²) in [5.41, 5.74) is 5.99. The predicted molar refractivity (Wildman–Crippen MR) is 143 cm³/mol. The molecule has 0 bridgehead atoms. The van der Waals surface area contributed by atoms with Crippen molar-refractivity contribution in [2.45, 2.75) is 57.4 Å². The van der Waals surface area contributed by atoms with Crippen molar-refractivity contribution in [1.29, 1.82) is 0 Å². The topological polar surface area (TPSA) is 41.6 Å². The third-order valence-electron chi connectivity index (χ3n) is 7.88. The highest BCUT2D eigenvalue weighted by atomic mass is 16.5. The molecule has 0 unspecified atom stereocenters. The zero-order valence-electron chi connectivity index (χ0n) is 20.9. The minimum Gasteiger partial charge on any atom is -0.496 e. The van der Waals surface area contributed by atoms with Gasteiger partial charge in [0.2, 0.25) is 0 Å². The highest BCUT2D eigenvalue weighted by Crippen LogP contribution is 2.38. The third kappa shape index (κ3) is 5.28. The fourth-order valence-corrected chi connectivity index (χ4v) is 5.90.